The van der Waals surface area contributed by atoms with Gasteiger partial charge < -0.3 is 9.84 Å². The highest BCUT2D eigenvalue weighted by Crippen LogP contribution is 2.34. The molecule has 0 radical (unpaired) electrons. The van der Waals surface area contributed by atoms with Gasteiger partial charge in [-0.1, -0.05) is 43.2 Å². The number of aliphatic hydroxyl groups excluding tert-OH is 1. The molecule has 146 valence electrons. The Bertz CT molecular complexity index is 867. The number of rotatable bonds is 7. The van der Waals surface area contributed by atoms with Crippen LogP contribution in [0.15, 0.2) is 43.8 Å². The summed E-state index contributed by atoms with van der Waals surface area (Å²) in [4.78, 5) is 27.5. The summed E-state index contributed by atoms with van der Waals surface area (Å²) in [6.45, 7) is 1.69. The smallest absolute Gasteiger partial charge is 0.331 e. The van der Waals surface area contributed by atoms with E-state index in [9.17, 15) is 9.59 Å². The fourth-order valence-corrected chi connectivity index (χ4v) is 4.46. The van der Waals surface area contributed by atoms with Crippen molar-refractivity contribution in [3.8, 4) is 0 Å². The van der Waals surface area contributed by atoms with E-state index in [-0.39, 0.29) is 25.5 Å². The van der Waals surface area contributed by atoms with Crippen LogP contribution in [-0.2, 0) is 11.5 Å². The van der Waals surface area contributed by atoms with Gasteiger partial charge in [0.2, 0.25) is 0 Å². The predicted octanol–water partition coefficient (Wildman–Crippen LogP) is 3.01. The molecule has 0 amide bonds. The van der Waals surface area contributed by atoms with Crippen LogP contribution in [0.4, 0.5) is 0 Å². The van der Waals surface area contributed by atoms with Gasteiger partial charge in [-0.05, 0) is 43.4 Å². The molecule has 0 bridgehead atoms. The van der Waals surface area contributed by atoms with Crippen LogP contribution < -0.4 is 11.2 Å². The number of H-pyrrole nitrogens is 1. The molecule has 0 atom stereocenters. The zero-order chi connectivity index (χ0) is 19.2. The van der Waals surface area contributed by atoms with Crippen LogP contribution in [0.3, 0.4) is 0 Å². The molecule has 1 aliphatic carbocycles. The van der Waals surface area contributed by atoms with Crippen LogP contribution in [0.5, 0.6) is 0 Å². The summed E-state index contributed by atoms with van der Waals surface area (Å²) in [6.07, 6.45) is 6.44. The number of aromatic amines is 1. The first kappa shape index (κ1) is 19.9. The standard InChI is InChI=1S/C20H26N2O4S/c1-14-18(24)21-20(25)22(13-26-12-11-23)19(14)27-17-9-7-16(8-10-17)15-5-3-2-4-6-15/h7-10,15,23H,2-6,11-13H2,1H3,(H,21,24,25). The maximum Gasteiger partial charge on any atom is 0.331 e. The summed E-state index contributed by atoms with van der Waals surface area (Å²) >= 11 is 1.38. The second kappa shape index (κ2) is 9.39. The molecule has 3 rings (SSSR count). The molecule has 1 aromatic heterocycles. The van der Waals surface area contributed by atoms with E-state index in [1.165, 1.54) is 54.0 Å². The predicted molar refractivity (Wildman–Crippen MR) is 105 cm³/mol. The van der Waals surface area contributed by atoms with Crippen molar-refractivity contribution in [2.45, 2.75) is 61.6 Å². The average molecular weight is 391 g/mol. The lowest BCUT2D eigenvalue weighted by atomic mass is 9.84. The maximum absolute atomic E-state index is 12.2. The highest BCUT2D eigenvalue weighted by Gasteiger charge is 2.16. The van der Waals surface area contributed by atoms with Gasteiger partial charge in [0.25, 0.3) is 5.56 Å². The van der Waals surface area contributed by atoms with Crippen molar-refractivity contribution in [3.63, 3.8) is 0 Å². The summed E-state index contributed by atoms with van der Waals surface area (Å²) in [5, 5.41) is 9.44. The van der Waals surface area contributed by atoms with Crippen molar-refractivity contribution in [2.24, 2.45) is 0 Å². The van der Waals surface area contributed by atoms with E-state index in [1.807, 2.05) is 0 Å². The molecule has 27 heavy (non-hydrogen) atoms. The van der Waals surface area contributed by atoms with Crippen molar-refractivity contribution < 1.29 is 9.84 Å². The van der Waals surface area contributed by atoms with E-state index >= 15 is 0 Å². The van der Waals surface area contributed by atoms with Crippen LogP contribution >= 0.6 is 11.8 Å². The Morgan fingerprint density at radius 3 is 2.56 bits per heavy atom. The molecule has 0 unspecified atom stereocenters. The third-order valence-electron chi connectivity index (χ3n) is 5.00. The Balaban J connectivity index is 1.83. The van der Waals surface area contributed by atoms with E-state index in [0.717, 1.165) is 4.90 Å². The lowest BCUT2D eigenvalue weighted by molar-refractivity contribution is 0.0411. The minimum Gasteiger partial charge on any atom is -0.394 e. The van der Waals surface area contributed by atoms with E-state index in [1.54, 1.807) is 6.92 Å². The van der Waals surface area contributed by atoms with E-state index < -0.39 is 5.69 Å². The fourth-order valence-electron chi connectivity index (χ4n) is 3.48. The Hall–Kier alpha value is -1.83. The van der Waals surface area contributed by atoms with Crippen LogP contribution in [0.2, 0.25) is 0 Å². The zero-order valence-corrected chi connectivity index (χ0v) is 16.4. The first-order valence-corrected chi connectivity index (χ1v) is 10.2. The van der Waals surface area contributed by atoms with Crippen LogP contribution in [0.1, 0.15) is 49.1 Å². The monoisotopic (exact) mass is 390 g/mol. The van der Waals surface area contributed by atoms with E-state index in [2.05, 4.69) is 29.2 Å². The summed E-state index contributed by atoms with van der Waals surface area (Å²) in [6, 6.07) is 8.42. The molecule has 0 aliphatic heterocycles. The number of hydrogen-bond acceptors (Lipinski definition) is 5. The van der Waals surface area contributed by atoms with Gasteiger partial charge in [0.1, 0.15) is 6.73 Å². The van der Waals surface area contributed by atoms with Crippen molar-refractivity contribution >= 4 is 11.8 Å². The molecule has 0 spiro atoms. The van der Waals surface area contributed by atoms with E-state index in [4.69, 9.17) is 9.84 Å². The topological polar surface area (TPSA) is 84.3 Å². The minimum absolute atomic E-state index is 0.0144. The van der Waals surface area contributed by atoms with Crippen molar-refractivity contribution in [1.82, 2.24) is 9.55 Å². The molecular weight excluding hydrogens is 364 g/mol. The molecule has 1 fully saturated rings. The second-order valence-electron chi connectivity index (χ2n) is 6.88. The number of hydrogen-bond donors (Lipinski definition) is 2. The molecular formula is C20H26N2O4S. The number of nitrogens with one attached hydrogen (secondary N) is 1. The molecule has 1 aromatic carbocycles. The first-order valence-electron chi connectivity index (χ1n) is 9.40. The van der Waals surface area contributed by atoms with Gasteiger partial charge in [0.05, 0.1) is 18.2 Å². The Kier molecular flexibility index (Phi) is 6.93. The lowest BCUT2D eigenvalue weighted by Gasteiger charge is -2.22. The molecule has 1 saturated carbocycles. The highest BCUT2D eigenvalue weighted by molar-refractivity contribution is 7.99. The Morgan fingerprint density at radius 1 is 1.19 bits per heavy atom. The molecule has 0 saturated heterocycles. The van der Waals surface area contributed by atoms with Crippen molar-refractivity contribution in [1.29, 1.82) is 0 Å². The zero-order valence-electron chi connectivity index (χ0n) is 15.6. The van der Waals surface area contributed by atoms with Crippen molar-refractivity contribution in [3.05, 3.63) is 56.2 Å². The number of nitrogens with zero attached hydrogens (tertiary/aromatic N) is 1. The second-order valence-corrected chi connectivity index (χ2v) is 7.95. The van der Waals surface area contributed by atoms with Gasteiger partial charge in [-0.3, -0.25) is 14.3 Å². The highest BCUT2D eigenvalue weighted by atomic mass is 32.2. The summed E-state index contributed by atoms with van der Waals surface area (Å²) < 4.78 is 6.69. The quantitative estimate of drug-likeness (QED) is 0.561. The molecule has 2 N–H and O–H groups in total. The summed E-state index contributed by atoms with van der Waals surface area (Å²) in [7, 11) is 0. The van der Waals surface area contributed by atoms with Gasteiger partial charge >= 0.3 is 5.69 Å². The number of ether oxygens (including phenoxy) is 1. The number of aromatic nitrogens is 2. The molecule has 7 heteroatoms. The Morgan fingerprint density at radius 2 is 1.89 bits per heavy atom. The largest absolute Gasteiger partial charge is 0.394 e. The molecule has 1 heterocycles. The lowest BCUT2D eigenvalue weighted by Crippen LogP contribution is -2.33. The van der Waals surface area contributed by atoms with Gasteiger partial charge in [-0.2, -0.15) is 0 Å². The van der Waals surface area contributed by atoms with Gasteiger partial charge in [0, 0.05) is 10.5 Å². The third-order valence-corrected chi connectivity index (χ3v) is 6.23. The average Bonchev–Trinajstić information content (AvgIpc) is 2.69. The van der Waals surface area contributed by atoms with Gasteiger partial charge in [-0.15, -0.1) is 0 Å². The van der Waals surface area contributed by atoms with Crippen LogP contribution in [0, 0.1) is 6.92 Å². The minimum atomic E-state index is -0.509. The fraction of sp³-hybridized carbons (Fsp3) is 0.500. The SMILES string of the molecule is Cc1c(Sc2ccc(C3CCCCC3)cc2)n(COCCO)c(=O)[nH]c1=O. The Labute approximate surface area is 162 Å². The van der Waals surface area contributed by atoms with Crippen LogP contribution in [0.25, 0.3) is 0 Å². The molecule has 1 aliphatic rings. The number of benzene rings is 1. The van der Waals surface area contributed by atoms with Gasteiger partial charge in [0.15, 0.2) is 0 Å². The summed E-state index contributed by atoms with van der Waals surface area (Å²) in [5.74, 6) is 0.643. The van der Waals surface area contributed by atoms with Crippen molar-refractivity contribution in [2.75, 3.05) is 13.2 Å². The normalized spacial score (nSPS) is 15.2. The first-order chi connectivity index (χ1) is 13.1. The maximum atomic E-state index is 12.2. The molecule has 6 nitrogen and oxygen atoms in total. The summed E-state index contributed by atoms with van der Waals surface area (Å²) in [5.41, 5.74) is 0.943. The molecule has 2 aromatic rings. The van der Waals surface area contributed by atoms with Crippen LogP contribution in [-0.4, -0.2) is 27.9 Å². The third kappa shape index (κ3) is 4.91. The van der Waals surface area contributed by atoms with Gasteiger partial charge in [-0.25, -0.2) is 4.79 Å². The number of aliphatic hydroxyl groups is 1. The van der Waals surface area contributed by atoms with E-state index in [0.29, 0.717) is 16.5 Å².